The number of likely N-dealkylation sites (tertiary alicyclic amines) is 1. The molecule has 2 fully saturated rings. The topological polar surface area (TPSA) is 86.6 Å². The van der Waals surface area contributed by atoms with Crippen LogP contribution in [0.1, 0.15) is 19.3 Å². The van der Waals surface area contributed by atoms with Crippen LogP contribution in [-0.4, -0.2) is 89.8 Å². The van der Waals surface area contributed by atoms with E-state index < -0.39 is 11.6 Å². The number of thiocarbonyl (C=S) groups is 1. The summed E-state index contributed by atoms with van der Waals surface area (Å²) in [6.45, 7) is 6.85. The van der Waals surface area contributed by atoms with Gasteiger partial charge in [-0.3, -0.25) is 4.90 Å². The van der Waals surface area contributed by atoms with Gasteiger partial charge in [-0.15, -0.1) is 0 Å². The second-order valence-corrected chi connectivity index (χ2v) is 6.85. The zero-order valence-corrected chi connectivity index (χ0v) is 14.5. The first-order valence-electron chi connectivity index (χ1n) is 8.39. The molecule has 3 aliphatic heterocycles. The third kappa shape index (κ3) is 4.14. The van der Waals surface area contributed by atoms with Gasteiger partial charge in [-0.05, 0) is 12.2 Å². The van der Waals surface area contributed by atoms with E-state index >= 15 is 0 Å². The van der Waals surface area contributed by atoms with E-state index in [0.29, 0.717) is 6.42 Å². The lowest BCUT2D eigenvalue weighted by Gasteiger charge is -2.38. The Labute approximate surface area is 146 Å². The predicted molar refractivity (Wildman–Crippen MR) is 92.2 cm³/mol. The van der Waals surface area contributed by atoms with E-state index in [1.165, 1.54) is 0 Å². The predicted octanol–water partition coefficient (Wildman–Crippen LogP) is -0.111. The highest BCUT2D eigenvalue weighted by molar-refractivity contribution is 7.80. The van der Waals surface area contributed by atoms with Gasteiger partial charge < -0.3 is 24.9 Å². The zero-order chi connectivity index (χ0) is 17.0. The lowest BCUT2D eigenvalue weighted by Crippen LogP contribution is -2.51. The van der Waals surface area contributed by atoms with Gasteiger partial charge in [-0.1, -0.05) is 5.16 Å². The lowest BCUT2D eigenvalue weighted by molar-refractivity contribution is -0.129. The molecule has 0 aromatic carbocycles. The third-order valence-corrected chi connectivity index (χ3v) is 5.26. The SMILES string of the molecule is O=C(O)C1=NOC2(CCN(C(=S)NCCN3CCOCC3)CC2)C1. The Morgan fingerprint density at radius 1 is 1.29 bits per heavy atom. The molecule has 0 radical (unpaired) electrons. The van der Waals surface area contributed by atoms with Gasteiger partial charge in [-0.25, -0.2) is 4.79 Å². The molecular formula is C15H24N4O4S. The maximum absolute atomic E-state index is 11.0. The van der Waals surface area contributed by atoms with Gasteiger partial charge in [0.1, 0.15) is 5.60 Å². The third-order valence-electron chi connectivity index (χ3n) is 4.86. The van der Waals surface area contributed by atoms with Gasteiger partial charge in [0.15, 0.2) is 10.8 Å². The monoisotopic (exact) mass is 356 g/mol. The van der Waals surface area contributed by atoms with Crippen molar-refractivity contribution < 1.29 is 19.5 Å². The summed E-state index contributed by atoms with van der Waals surface area (Å²) in [4.78, 5) is 20.9. The lowest BCUT2D eigenvalue weighted by atomic mass is 9.87. The van der Waals surface area contributed by atoms with Crippen LogP contribution in [0.5, 0.6) is 0 Å². The number of morpholine rings is 1. The molecule has 0 unspecified atom stereocenters. The first kappa shape index (κ1) is 17.4. The summed E-state index contributed by atoms with van der Waals surface area (Å²) in [6.07, 6.45) is 1.85. The molecule has 2 saturated heterocycles. The van der Waals surface area contributed by atoms with Crippen LogP contribution in [0.4, 0.5) is 0 Å². The summed E-state index contributed by atoms with van der Waals surface area (Å²) in [5, 5.41) is 16.8. The first-order valence-corrected chi connectivity index (χ1v) is 8.80. The molecule has 24 heavy (non-hydrogen) atoms. The molecule has 1 spiro atoms. The number of piperidine rings is 1. The summed E-state index contributed by atoms with van der Waals surface area (Å²) in [7, 11) is 0. The highest BCUT2D eigenvalue weighted by Gasteiger charge is 2.44. The second-order valence-electron chi connectivity index (χ2n) is 6.47. The Balaban J connectivity index is 1.37. The fourth-order valence-electron chi connectivity index (χ4n) is 3.28. The molecule has 2 N–H and O–H groups in total. The van der Waals surface area contributed by atoms with Crippen molar-refractivity contribution in [3.05, 3.63) is 0 Å². The number of nitrogens with one attached hydrogen (secondary N) is 1. The summed E-state index contributed by atoms with van der Waals surface area (Å²) in [5.41, 5.74) is -0.331. The summed E-state index contributed by atoms with van der Waals surface area (Å²) in [5.74, 6) is -0.991. The average molecular weight is 356 g/mol. The van der Waals surface area contributed by atoms with E-state index in [-0.39, 0.29) is 5.71 Å². The molecule has 0 amide bonds. The molecule has 0 aliphatic carbocycles. The van der Waals surface area contributed by atoms with E-state index in [9.17, 15) is 4.79 Å². The van der Waals surface area contributed by atoms with Crippen molar-refractivity contribution in [1.29, 1.82) is 0 Å². The number of carboxylic acid groups (broad SMARTS) is 1. The summed E-state index contributed by atoms with van der Waals surface area (Å²) < 4.78 is 5.34. The standard InChI is InChI=1S/C15H24N4O4S/c20-13(21)12-11-15(23-17-12)1-4-19(5-2-15)14(24)16-3-6-18-7-9-22-10-8-18/h1-11H2,(H,16,24)(H,20,21). The number of hydrogen-bond donors (Lipinski definition) is 2. The zero-order valence-electron chi connectivity index (χ0n) is 13.7. The van der Waals surface area contributed by atoms with Gasteiger partial charge in [0.2, 0.25) is 0 Å². The number of carbonyl (C=O) groups is 1. The van der Waals surface area contributed by atoms with E-state index in [1.807, 2.05) is 0 Å². The summed E-state index contributed by atoms with van der Waals surface area (Å²) >= 11 is 5.48. The van der Waals surface area contributed by atoms with Gasteiger partial charge >= 0.3 is 5.97 Å². The number of carboxylic acids is 1. The van der Waals surface area contributed by atoms with Crippen molar-refractivity contribution >= 4 is 29.0 Å². The van der Waals surface area contributed by atoms with Gasteiger partial charge in [-0.2, -0.15) is 0 Å². The maximum atomic E-state index is 11.0. The van der Waals surface area contributed by atoms with Crippen molar-refractivity contribution in [3.63, 3.8) is 0 Å². The van der Waals surface area contributed by atoms with E-state index in [4.69, 9.17) is 26.9 Å². The number of rotatable bonds is 4. The molecule has 0 atom stereocenters. The van der Waals surface area contributed by atoms with Crippen LogP contribution < -0.4 is 5.32 Å². The van der Waals surface area contributed by atoms with Crippen LogP contribution in [0, 0.1) is 0 Å². The van der Waals surface area contributed by atoms with Crippen molar-refractivity contribution in [2.24, 2.45) is 5.16 Å². The molecule has 0 aromatic heterocycles. The van der Waals surface area contributed by atoms with Crippen molar-refractivity contribution in [2.45, 2.75) is 24.9 Å². The smallest absolute Gasteiger partial charge is 0.353 e. The normalized spacial score (nSPS) is 23.7. The molecule has 9 heteroatoms. The van der Waals surface area contributed by atoms with Crippen molar-refractivity contribution in [3.8, 4) is 0 Å². The fraction of sp³-hybridized carbons (Fsp3) is 0.800. The Bertz CT molecular complexity index is 514. The Morgan fingerprint density at radius 2 is 2.00 bits per heavy atom. The Hall–Kier alpha value is -1.45. The van der Waals surface area contributed by atoms with Crippen molar-refractivity contribution in [1.82, 2.24) is 15.1 Å². The van der Waals surface area contributed by atoms with E-state index in [0.717, 1.165) is 70.4 Å². The van der Waals surface area contributed by atoms with E-state index in [2.05, 4.69) is 20.3 Å². The molecule has 134 valence electrons. The minimum Gasteiger partial charge on any atom is -0.477 e. The number of hydrogen-bond acceptors (Lipinski definition) is 6. The molecule has 8 nitrogen and oxygen atoms in total. The maximum Gasteiger partial charge on any atom is 0.353 e. The van der Waals surface area contributed by atoms with Crippen molar-refractivity contribution in [2.75, 3.05) is 52.5 Å². The number of ether oxygens (including phenoxy) is 1. The second kappa shape index (κ2) is 7.62. The highest BCUT2D eigenvalue weighted by Crippen LogP contribution is 2.34. The van der Waals surface area contributed by atoms with Gasteiger partial charge in [0, 0.05) is 58.5 Å². The number of aliphatic carboxylic acids is 1. The van der Waals surface area contributed by atoms with Crippen LogP contribution in [0.3, 0.4) is 0 Å². The Kier molecular flexibility index (Phi) is 5.52. The molecule has 3 rings (SSSR count). The largest absolute Gasteiger partial charge is 0.477 e. The molecule has 0 aromatic rings. The van der Waals surface area contributed by atoms with Crippen LogP contribution in [-0.2, 0) is 14.4 Å². The van der Waals surface area contributed by atoms with Gasteiger partial charge in [0.25, 0.3) is 0 Å². The molecule has 3 aliphatic rings. The molecule has 0 bridgehead atoms. The van der Waals surface area contributed by atoms with Crippen LogP contribution >= 0.6 is 12.2 Å². The average Bonchev–Trinajstić information content (AvgIpc) is 3.00. The fourth-order valence-corrected chi connectivity index (χ4v) is 3.56. The summed E-state index contributed by atoms with van der Waals surface area (Å²) in [6, 6.07) is 0. The number of oxime groups is 1. The number of nitrogens with zero attached hydrogens (tertiary/aromatic N) is 3. The highest BCUT2D eigenvalue weighted by atomic mass is 32.1. The molecular weight excluding hydrogens is 332 g/mol. The van der Waals surface area contributed by atoms with Crippen LogP contribution in [0.2, 0.25) is 0 Å². The van der Waals surface area contributed by atoms with Crippen LogP contribution in [0.25, 0.3) is 0 Å². The Morgan fingerprint density at radius 3 is 2.62 bits per heavy atom. The quantitative estimate of drug-likeness (QED) is 0.675. The molecule has 0 saturated carbocycles. The van der Waals surface area contributed by atoms with Crippen LogP contribution in [0.15, 0.2) is 5.16 Å². The van der Waals surface area contributed by atoms with E-state index in [1.54, 1.807) is 0 Å². The first-order chi connectivity index (χ1) is 11.6. The minimum absolute atomic E-state index is 0.120. The minimum atomic E-state index is -0.991. The molecule has 3 heterocycles. The van der Waals surface area contributed by atoms with Gasteiger partial charge in [0.05, 0.1) is 13.2 Å².